The van der Waals surface area contributed by atoms with E-state index in [1.165, 1.54) is 4.57 Å². The number of nitrogens with two attached hydrogens (primary N) is 1. The van der Waals surface area contributed by atoms with Gasteiger partial charge in [0.05, 0.1) is 0 Å². The van der Waals surface area contributed by atoms with E-state index in [0.29, 0.717) is 13.1 Å². The van der Waals surface area contributed by atoms with Crippen molar-refractivity contribution in [3.05, 3.63) is 28.7 Å². The van der Waals surface area contributed by atoms with Crippen molar-refractivity contribution in [3.8, 4) is 5.75 Å². The molecule has 6 heteroatoms. The Hall–Kier alpha value is -1.82. The topological polar surface area (TPSA) is 77.6 Å². The van der Waals surface area contributed by atoms with Crippen molar-refractivity contribution in [2.75, 3.05) is 20.2 Å². The molecule has 0 aliphatic rings. The highest BCUT2D eigenvalue weighted by atomic mass is 16.5. The van der Waals surface area contributed by atoms with Gasteiger partial charge in [-0.2, -0.15) is 0 Å². The molecular formula is C16H27N3O3. The van der Waals surface area contributed by atoms with Crippen LogP contribution in [0.1, 0.15) is 33.6 Å². The van der Waals surface area contributed by atoms with Crippen molar-refractivity contribution in [1.29, 1.82) is 0 Å². The van der Waals surface area contributed by atoms with Crippen LogP contribution in [0, 0.1) is 0 Å². The summed E-state index contributed by atoms with van der Waals surface area (Å²) in [6, 6.07) is 3.29. The SMILES string of the molecule is CCCCN(C)C(=O)COc1cccn(CC(C)(C)N)c1=O. The van der Waals surface area contributed by atoms with E-state index in [9.17, 15) is 9.59 Å². The van der Waals surface area contributed by atoms with Crippen LogP contribution in [-0.4, -0.2) is 41.1 Å². The Balaban J connectivity index is 2.69. The maximum atomic E-state index is 12.3. The molecular weight excluding hydrogens is 282 g/mol. The van der Waals surface area contributed by atoms with Crippen molar-refractivity contribution in [1.82, 2.24) is 9.47 Å². The van der Waals surface area contributed by atoms with Gasteiger partial charge < -0.3 is 19.9 Å². The first kappa shape index (κ1) is 18.2. The number of rotatable bonds is 8. The average molecular weight is 309 g/mol. The number of carbonyl (C=O) groups is 1. The number of hydrogen-bond acceptors (Lipinski definition) is 4. The molecule has 2 N–H and O–H groups in total. The summed E-state index contributed by atoms with van der Waals surface area (Å²) in [6.07, 6.45) is 3.64. The first-order valence-electron chi connectivity index (χ1n) is 7.59. The Labute approximate surface area is 131 Å². The summed E-state index contributed by atoms with van der Waals surface area (Å²) in [5.41, 5.74) is 5.16. The molecule has 0 saturated carbocycles. The third-order valence-electron chi connectivity index (χ3n) is 3.19. The van der Waals surface area contributed by atoms with Gasteiger partial charge in [-0.05, 0) is 32.4 Å². The van der Waals surface area contributed by atoms with E-state index >= 15 is 0 Å². The number of unbranched alkanes of at least 4 members (excludes halogenated alkanes) is 1. The lowest BCUT2D eigenvalue weighted by molar-refractivity contribution is -0.132. The lowest BCUT2D eigenvalue weighted by Gasteiger charge is -2.20. The molecule has 22 heavy (non-hydrogen) atoms. The van der Waals surface area contributed by atoms with E-state index < -0.39 is 5.54 Å². The Morgan fingerprint density at radius 2 is 2.14 bits per heavy atom. The fourth-order valence-corrected chi connectivity index (χ4v) is 1.96. The largest absolute Gasteiger partial charge is 0.478 e. The standard InChI is InChI=1S/C16H27N3O3/c1-5-6-9-18(4)14(20)11-22-13-8-7-10-19(15(13)21)12-16(2,3)17/h7-8,10H,5-6,9,11-12,17H2,1-4H3. The van der Waals surface area contributed by atoms with Crippen LogP contribution >= 0.6 is 0 Å². The number of nitrogens with zero attached hydrogens (tertiary/aromatic N) is 2. The Kier molecular flexibility index (Phi) is 6.61. The van der Waals surface area contributed by atoms with Crippen LogP contribution in [0.5, 0.6) is 5.75 Å². The van der Waals surface area contributed by atoms with Gasteiger partial charge in [-0.3, -0.25) is 9.59 Å². The van der Waals surface area contributed by atoms with Gasteiger partial charge in [0, 0.05) is 31.9 Å². The van der Waals surface area contributed by atoms with Crippen LogP contribution in [0.25, 0.3) is 0 Å². The first-order chi connectivity index (χ1) is 10.2. The molecule has 0 unspecified atom stereocenters. The normalized spacial score (nSPS) is 11.3. The highest BCUT2D eigenvalue weighted by Gasteiger charge is 2.15. The summed E-state index contributed by atoms with van der Waals surface area (Å²) in [7, 11) is 1.74. The fourth-order valence-electron chi connectivity index (χ4n) is 1.96. The highest BCUT2D eigenvalue weighted by Crippen LogP contribution is 2.06. The molecule has 0 bridgehead atoms. The van der Waals surface area contributed by atoms with Gasteiger partial charge in [-0.25, -0.2) is 0 Å². The van der Waals surface area contributed by atoms with Crippen molar-refractivity contribution >= 4 is 5.91 Å². The van der Waals surface area contributed by atoms with E-state index in [1.807, 2.05) is 13.8 Å². The Bertz CT molecular complexity index is 546. The van der Waals surface area contributed by atoms with Crippen LogP contribution in [0.2, 0.25) is 0 Å². The van der Waals surface area contributed by atoms with Crippen LogP contribution < -0.4 is 16.0 Å². The lowest BCUT2D eigenvalue weighted by Crippen LogP contribution is -2.40. The van der Waals surface area contributed by atoms with Gasteiger partial charge in [0.1, 0.15) is 0 Å². The second kappa shape index (κ2) is 7.98. The summed E-state index contributed by atoms with van der Waals surface area (Å²) in [5, 5.41) is 0. The van der Waals surface area contributed by atoms with Gasteiger partial charge >= 0.3 is 0 Å². The van der Waals surface area contributed by atoms with Crippen LogP contribution in [-0.2, 0) is 11.3 Å². The van der Waals surface area contributed by atoms with Crippen molar-refractivity contribution in [2.24, 2.45) is 5.73 Å². The maximum absolute atomic E-state index is 12.3. The van der Waals surface area contributed by atoms with Gasteiger partial charge in [0.2, 0.25) is 0 Å². The number of pyridine rings is 1. The zero-order valence-corrected chi connectivity index (χ0v) is 14.0. The molecule has 1 amide bonds. The van der Waals surface area contributed by atoms with E-state index in [0.717, 1.165) is 12.8 Å². The van der Waals surface area contributed by atoms with Crippen molar-refractivity contribution in [2.45, 2.75) is 45.7 Å². The van der Waals surface area contributed by atoms with Gasteiger partial charge in [-0.1, -0.05) is 13.3 Å². The van der Waals surface area contributed by atoms with Crippen molar-refractivity contribution in [3.63, 3.8) is 0 Å². The number of hydrogen-bond donors (Lipinski definition) is 1. The second-order valence-electron chi connectivity index (χ2n) is 6.25. The predicted octanol–water partition coefficient (Wildman–Crippen LogP) is 1.22. The number of aromatic nitrogens is 1. The number of carbonyl (C=O) groups excluding carboxylic acids is 1. The highest BCUT2D eigenvalue weighted by molar-refractivity contribution is 5.77. The third kappa shape index (κ3) is 5.89. The molecule has 0 radical (unpaired) electrons. The maximum Gasteiger partial charge on any atom is 0.292 e. The molecule has 0 spiro atoms. The van der Waals surface area contributed by atoms with Gasteiger partial charge in [0.25, 0.3) is 11.5 Å². The quantitative estimate of drug-likeness (QED) is 0.783. The molecule has 0 aromatic carbocycles. The lowest BCUT2D eigenvalue weighted by atomic mass is 10.1. The minimum absolute atomic E-state index is 0.133. The van der Waals surface area contributed by atoms with Crippen LogP contribution in [0.3, 0.4) is 0 Å². The fraction of sp³-hybridized carbons (Fsp3) is 0.625. The molecule has 1 rings (SSSR count). The molecule has 1 heterocycles. The molecule has 124 valence electrons. The van der Waals surface area contributed by atoms with Crippen molar-refractivity contribution < 1.29 is 9.53 Å². The molecule has 0 atom stereocenters. The second-order valence-corrected chi connectivity index (χ2v) is 6.25. The number of likely N-dealkylation sites (N-methyl/N-ethyl adjacent to an activating group) is 1. The minimum Gasteiger partial charge on any atom is -0.478 e. The van der Waals surface area contributed by atoms with E-state index in [4.69, 9.17) is 10.5 Å². The summed E-state index contributed by atoms with van der Waals surface area (Å²) >= 11 is 0. The molecule has 0 aliphatic carbocycles. The zero-order valence-electron chi connectivity index (χ0n) is 14.0. The van der Waals surface area contributed by atoms with Gasteiger partial charge in [-0.15, -0.1) is 0 Å². The van der Waals surface area contributed by atoms with E-state index in [-0.39, 0.29) is 23.8 Å². The minimum atomic E-state index is -0.501. The Morgan fingerprint density at radius 1 is 1.45 bits per heavy atom. The van der Waals surface area contributed by atoms with Gasteiger partial charge in [0.15, 0.2) is 12.4 Å². The van der Waals surface area contributed by atoms with E-state index in [1.54, 1.807) is 30.3 Å². The molecule has 0 saturated heterocycles. The molecule has 0 fully saturated rings. The average Bonchev–Trinajstić information content (AvgIpc) is 2.43. The predicted molar refractivity (Wildman–Crippen MR) is 87.0 cm³/mol. The van der Waals surface area contributed by atoms with E-state index in [2.05, 4.69) is 6.92 Å². The zero-order chi connectivity index (χ0) is 16.8. The molecule has 1 aromatic heterocycles. The molecule has 0 aliphatic heterocycles. The van der Waals surface area contributed by atoms with Crippen LogP contribution in [0.4, 0.5) is 0 Å². The number of amides is 1. The Morgan fingerprint density at radius 3 is 2.73 bits per heavy atom. The third-order valence-corrected chi connectivity index (χ3v) is 3.19. The summed E-state index contributed by atoms with van der Waals surface area (Å²) in [6.45, 7) is 6.70. The monoisotopic (exact) mass is 309 g/mol. The van der Waals surface area contributed by atoms with Crippen LogP contribution in [0.15, 0.2) is 23.1 Å². The smallest absolute Gasteiger partial charge is 0.292 e. The summed E-state index contributed by atoms with van der Waals surface area (Å²) < 4.78 is 6.89. The molecule has 1 aromatic rings. The first-order valence-corrected chi connectivity index (χ1v) is 7.59. The summed E-state index contributed by atoms with van der Waals surface area (Å²) in [5.74, 6) is 0.0337. The summed E-state index contributed by atoms with van der Waals surface area (Å²) in [4.78, 5) is 25.8. The molecule has 6 nitrogen and oxygen atoms in total. The number of ether oxygens (including phenoxy) is 1.